The summed E-state index contributed by atoms with van der Waals surface area (Å²) in [6.07, 6.45) is 0. The smallest absolute Gasteiger partial charge is 0.112 e. The first-order chi connectivity index (χ1) is 4.88. The molecule has 4 heteroatoms. The summed E-state index contributed by atoms with van der Waals surface area (Å²) in [5, 5.41) is 6.36. The molecule has 1 rings (SSSR count). The second-order valence-corrected chi connectivity index (χ2v) is 1.71. The van der Waals surface area contributed by atoms with Crippen molar-refractivity contribution in [3.05, 3.63) is 24.3 Å². The van der Waals surface area contributed by atoms with Crippen molar-refractivity contribution in [3.8, 4) is 0 Å². The molecule has 50 valence electrons. The summed E-state index contributed by atoms with van der Waals surface area (Å²) in [5.41, 5.74) is 14.2. The molecule has 0 amide bonds. The predicted octanol–water partition coefficient (Wildman–Crippen LogP) is 3.01. The predicted molar refractivity (Wildman–Crippen MR) is 36.1 cm³/mol. The van der Waals surface area contributed by atoms with E-state index in [1.54, 1.807) is 24.3 Å². The van der Waals surface area contributed by atoms with Crippen LogP contribution in [-0.2, 0) is 0 Å². The van der Waals surface area contributed by atoms with E-state index in [4.69, 9.17) is 11.1 Å². The number of para-hydroxylation sites is 2. The quantitative estimate of drug-likeness (QED) is 0.583. The Balaban J connectivity index is 3.20. The second kappa shape index (κ2) is 2.82. The number of hydrogen-bond donors (Lipinski definition) is 2. The molecule has 0 saturated carbocycles. The van der Waals surface area contributed by atoms with Gasteiger partial charge in [0, 0.05) is 0 Å². The van der Waals surface area contributed by atoms with Crippen molar-refractivity contribution < 1.29 is 0 Å². The van der Waals surface area contributed by atoms with Crippen LogP contribution in [0.25, 0.3) is 0 Å². The van der Waals surface area contributed by atoms with Gasteiger partial charge in [-0.2, -0.15) is 10.2 Å². The van der Waals surface area contributed by atoms with Crippen LogP contribution in [0.4, 0.5) is 11.4 Å². The molecule has 0 unspecified atom stereocenters. The van der Waals surface area contributed by atoms with Gasteiger partial charge in [-0.05, 0) is 12.1 Å². The van der Waals surface area contributed by atoms with Gasteiger partial charge in [0.15, 0.2) is 0 Å². The lowest BCUT2D eigenvalue weighted by Gasteiger charge is -1.92. The number of nitrogens with one attached hydrogen (secondary N) is 2. The average molecular weight is 134 g/mol. The van der Waals surface area contributed by atoms with Crippen LogP contribution in [-0.4, -0.2) is 0 Å². The third-order valence-electron chi connectivity index (χ3n) is 1.12. The molecular weight excluding hydrogens is 128 g/mol. The standard InChI is InChI=1S/C6H6N4/c7-9-5-3-1-2-4-6(5)10-8/h1-4,7-8H. The first-order valence-corrected chi connectivity index (χ1v) is 2.72. The molecule has 2 N–H and O–H groups in total. The van der Waals surface area contributed by atoms with E-state index in [0.29, 0.717) is 11.4 Å². The number of rotatable bonds is 2. The van der Waals surface area contributed by atoms with Crippen LogP contribution in [0.15, 0.2) is 34.5 Å². The number of benzene rings is 1. The zero-order valence-electron chi connectivity index (χ0n) is 5.20. The molecule has 1 aromatic rings. The summed E-state index contributed by atoms with van der Waals surface area (Å²) in [6.45, 7) is 0. The molecule has 0 aliphatic carbocycles. The van der Waals surface area contributed by atoms with Crippen LogP contribution in [0, 0.1) is 11.1 Å². The van der Waals surface area contributed by atoms with Crippen LogP contribution in [0.3, 0.4) is 0 Å². The Labute approximate surface area is 57.9 Å². The molecule has 0 spiro atoms. The lowest BCUT2D eigenvalue weighted by molar-refractivity contribution is 1.10. The van der Waals surface area contributed by atoms with E-state index >= 15 is 0 Å². The van der Waals surface area contributed by atoms with Gasteiger partial charge in [0.25, 0.3) is 0 Å². The molecule has 0 aliphatic heterocycles. The van der Waals surface area contributed by atoms with E-state index in [9.17, 15) is 0 Å². The third kappa shape index (κ3) is 1.05. The van der Waals surface area contributed by atoms with Crippen molar-refractivity contribution in [1.29, 1.82) is 11.1 Å². The number of hydrogen-bond acceptors (Lipinski definition) is 4. The Morgan fingerprint density at radius 1 is 0.900 bits per heavy atom. The molecule has 0 radical (unpaired) electrons. The van der Waals surface area contributed by atoms with Crippen LogP contribution in [0.5, 0.6) is 0 Å². The van der Waals surface area contributed by atoms with Crippen molar-refractivity contribution in [2.45, 2.75) is 0 Å². The van der Waals surface area contributed by atoms with E-state index in [-0.39, 0.29) is 0 Å². The molecule has 1 aromatic carbocycles. The van der Waals surface area contributed by atoms with Gasteiger partial charge in [-0.25, -0.2) is 11.1 Å². The topological polar surface area (TPSA) is 72.4 Å². The average Bonchev–Trinajstić information content (AvgIpc) is 2.04. The van der Waals surface area contributed by atoms with E-state index in [1.165, 1.54) is 0 Å². The largest absolute Gasteiger partial charge is 0.204 e. The third-order valence-corrected chi connectivity index (χ3v) is 1.12. The van der Waals surface area contributed by atoms with E-state index in [0.717, 1.165) is 0 Å². The Morgan fingerprint density at radius 2 is 1.30 bits per heavy atom. The monoisotopic (exact) mass is 134 g/mol. The highest BCUT2D eigenvalue weighted by Crippen LogP contribution is 2.25. The van der Waals surface area contributed by atoms with Crippen molar-refractivity contribution in [2.24, 2.45) is 10.2 Å². The Bertz CT molecular complexity index is 229. The molecule has 0 aromatic heterocycles. The van der Waals surface area contributed by atoms with Crippen molar-refractivity contribution in [2.75, 3.05) is 0 Å². The molecule has 0 atom stereocenters. The summed E-state index contributed by atoms with van der Waals surface area (Å²) in [7, 11) is 0. The maximum absolute atomic E-state index is 6.67. The van der Waals surface area contributed by atoms with Crippen LogP contribution in [0.1, 0.15) is 0 Å². The summed E-state index contributed by atoms with van der Waals surface area (Å²) in [5.74, 6) is 0. The number of nitrogens with zero attached hydrogens (tertiary/aromatic N) is 2. The molecule has 0 fully saturated rings. The first-order valence-electron chi connectivity index (χ1n) is 2.72. The SMILES string of the molecule is N=Nc1ccccc1N=N. The van der Waals surface area contributed by atoms with E-state index < -0.39 is 0 Å². The van der Waals surface area contributed by atoms with Crippen molar-refractivity contribution in [3.63, 3.8) is 0 Å². The lowest BCUT2D eigenvalue weighted by Crippen LogP contribution is -1.62. The van der Waals surface area contributed by atoms with E-state index in [1.807, 2.05) is 0 Å². The van der Waals surface area contributed by atoms with Gasteiger partial charge in [0.2, 0.25) is 0 Å². The molecule has 0 saturated heterocycles. The fourth-order valence-corrected chi connectivity index (χ4v) is 0.653. The fraction of sp³-hybridized carbons (Fsp3) is 0. The van der Waals surface area contributed by atoms with Gasteiger partial charge < -0.3 is 0 Å². The van der Waals surface area contributed by atoms with Gasteiger partial charge in [0.1, 0.15) is 11.4 Å². The fourth-order valence-electron chi connectivity index (χ4n) is 0.653. The minimum atomic E-state index is 0.428. The lowest BCUT2D eigenvalue weighted by atomic mass is 10.3. The minimum absolute atomic E-state index is 0.428. The van der Waals surface area contributed by atoms with Crippen LogP contribution in [0.2, 0.25) is 0 Å². The summed E-state index contributed by atoms with van der Waals surface area (Å²) >= 11 is 0. The molecule has 0 aliphatic rings. The van der Waals surface area contributed by atoms with Gasteiger partial charge >= 0.3 is 0 Å². The maximum atomic E-state index is 6.67. The van der Waals surface area contributed by atoms with Crippen molar-refractivity contribution in [1.82, 2.24) is 0 Å². The highest BCUT2D eigenvalue weighted by Gasteiger charge is 1.94. The molecule has 4 nitrogen and oxygen atoms in total. The Kier molecular flexibility index (Phi) is 1.84. The van der Waals surface area contributed by atoms with Crippen molar-refractivity contribution >= 4 is 11.4 Å². The highest BCUT2D eigenvalue weighted by atomic mass is 15.0. The molecule has 0 bridgehead atoms. The van der Waals surface area contributed by atoms with Gasteiger partial charge in [0.05, 0.1) is 0 Å². The van der Waals surface area contributed by atoms with Gasteiger partial charge in [-0.3, -0.25) is 0 Å². The zero-order chi connectivity index (χ0) is 7.40. The second-order valence-electron chi connectivity index (χ2n) is 1.71. The van der Waals surface area contributed by atoms with Gasteiger partial charge in [-0.1, -0.05) is 12.1 Å². The Morgan fingerprint density at radius 3 is 1.60 bits per heavy atom. The molecule has 10 heavy (non-hydrogen) atoms. The summed E-state index contributed by atoms with van der Waals surface area (Å²) in [6, 6.07) is 6.78. The van der Waals surface area contributed by atoms with E-state index in [2.05, 4.69) is 10.2 Å². The highest BCUT2D eigenvalue weighted by molar-refractivity contribution is 5.59. The Hall–Kier alpha value is -1.58. The maximum Gasteiger partial charge on any atom is 0.112 e. The van der Waals surface area contributed by atoms with Crippen LogP contribution >= 0.6 is 0 Å². The van der Waals surface area contributed by atoms with Crippen LogP contribution < -0.4 is 0 Å². The molecular formula is C6H6N4. The summed E-state index contributed by atoms with van der Waals surface area (Å²) in [4.78, 5) is 0. The molecule has 0 heterocycles. The minimum Gasteiger partial charge on any atom is -0.204 e. The first kappa shape index (κ1) is 6.54. The van der Waals surface area contributed by atoms with Gasteiger partial charge in [-0.15, -0.1) is 0 Å². The summed E-state index contributed by atoms with van der Waals surface area (Å²) < 4.78 is 0. The normalized spacial score (nSPS) is 8.80. The zero-order valence-corrected chi connectivity index (χ0v) is 5.20.